The van der Waals surface area contributed by atoms with Gasteiger partial charge in [0.25, 0.3) is 5.91 Å². The summed E-state index contributed by atoms with van der Waals surface area (Å²) in [7, 11) is 1.62. The number of rotatable bonds is 7. The van der Waals surface area contributed by atoms with Gasteiger partial charge >= 0.3 is 0 Å². The molecule has 0 aliphatic rings. The first-order valence-electron chi connectivity index (χ1n) is 7.69. The van der Waals surface area contributed by atoms with Gasteiger partial charge in [0.05, 0.1) is 7.11 Å². The lowest BCUT2D eigenvalue weighted by Gasteiger charge is -2.06. The fourth-order valence-electron chi connectivity index (χ4n) is 2.15. The second-order valence-electron chi connectivity index (χ2n) is 5.23. The quantitative estimate of drug-likeness (QED) is 0.410. The molecule has 0 saturated heterocycles. The summed E-state index contributed by atoms with van der Waals surface area (Å²) in [5, 5.41) is 24.0. The first-order chi connectivity index (χ1) is 12.1. The summed E-state index contributed by atoms with van der Waals surface area (Å²) >= 11 is 0. The molecular formula is C19H19N3O3. The number of nitrogens with one attached hydrogen (secondary N) is 2. The van der Waals surface area contributed by atoms with Gasteiger partial charge in [-0.3, -0.25) is 4.79 Å². The number of benzene rings is 2. The number of hydrogen-bond acceptors (Lipinski definition) is 5. The van der Waals surface area contributed by atoms with Crippen molar-refractivity contribution in [1.82, 2.24) is 5.32 Å². The van der Waals surface area contributed by atoms with Crippen LogP contribution in [0.15, 0.2) is 60.3 Å². The van der Waals surface area contributed by atoms with E-state index in [9.17, 15) is 9.90 Å². The summed E-state index contributed by atoms with van der Waals surface area (Å²) in [5.74, 6) is 0.287. The number of anilines is 1. The van der Waals surface area contributed by atoms with E-state index in [0.29, 0.717) is 12.2 Å². The number of phenolic OH excluding ortho intramolecular Hbond substituents is 1. The van der Waals surface area contributed by atoms with Gasteiger partial charge in [0, 0.05) is 24.5 Å². The van der Waals surface area contributed by atoms with Crippen LogP contribution in [0.4, 0.5) is 5.69 Å². The summed E-state index contributed by atoms with van der Waals surface area (Å²) in [6, 6.07) is 15.7. The van der Waals surface area contributed by atoms with Gasteiger partial charge in [0.15, 0.2) is 0 Å². The fourth-order valence-corrected chi connectivity index (χ4v) is 2.15. The molecule has 0 aromatic heterocycles. The van der Waals surface area contributed by atoms with Crippen molar-refractivity contribution >= 4 is 11.6 Å². The van der Waals surface area contributed by atoms with Crippen molar-refractivity contribution in [2.24, 2.45) is 0 Å². The molecule has 2 aromatic carbocycles. The van der Waals surface area contributed by atoms with Crippen LogP contribution in [0.25, 0.3) is 0 Å². The van der Waals surface area contributed by atoms with E-state index in [0.717, 1.165) is 17.7 Å². The van der Waals surface area contributed by atoms with E-state index >= 15 is 0 Å². The van der Waals surface area contributed by atoms with Crippen LogP contribution in [0.1, 0.15) is 5.56 Å². The van der Waals surface area contributed by atoms with Crippen molar-refractivity contribution in [3.05, 3.63) is 65.9 Å². The van der Waals surface area contributed by atoms with E-state index in [-0.39, 0.29) is 11.3 Å². The monoisotopic (exact) mass is 337 g/mol. The predicted molar refractivity (Wildman–Crippen MR) is 95.1 cm³/mol. The van der Waals surface area contributed by atoms with Crippen LogP contribution in [0.3, 0.4) is 0 Å². The van der Waals surface area contributed by atoms with Crippen LogP contribution in [0.2, 0.25) is 0 Å². The number of amides is 1. The van der Waals surface area contributed by atoms with Crippen molar-refractivity contribution in [1.29, 1.82) is 5.26 Å². The lowest BCUT2D eigenvalue weighted by atomic mass is 10.1. The van der Waals surface area contributed by atoms with Gasteiger partial charge in [0.1, 0.15) is 23.1 Å². The summed E-state index contributed by atoms with van der Waals surface area (Å²) in [6.07, 6.45) is 2.11. The van der Waals surface area contributed by atoms with Gasteiger partial charge in [-0.1, -0.05) is 18.2 Å². The highest BCUT2D eigenvalue weighted by Gasteiger charge is 2.09. The Morgan fingerprint density at radius 2 is 2.08 bits per heavy atom. The zero-order valence-corrected chi connectivity index (χ0v) is 13.8. The normalized spacial score (nSPS) is 10.6. The van der Waals surface area contributed by atoms with Crippen molar-refractivity contribution in [3.8, 4) is 17.6 Å². The Bertz CT molecular complexity index is 810. The number of carbonyl (C=O) groups is 1. The molecule has 0 saturated carbocycles. The molecular weight excluding hydrogens is 318 g/mol. The molecule has 6 nitrogen and oxygen atoms in total. The SMILES string of the molecule is COc1cccc(CCN/C=C(/C#N)C(=O)Nc2cccc(O)c2)c1. The van der Waals surface area contributed by atoms with Crippen LogP contribution in [0, 0.1) is 11.3 Å². The average molecular weight is 337 g/mol. The summed E-state index contributed by atoms with van der Waals surface area (Å²) < 4.78 is 5.17. The Morgan fingerprint density at radius 3 is 2.80 bits per heavy atom. The molecule has 0 atom stereocenters. The molecule has 0 unspecified atom stereocenters. The number of nitriles is 1. The number of ether oxygens (including phenoxy) is 1. The average Bonchev–Trinajstić information content (AvgIpc) is 2.62. The Balaban J connectivity index is 1.89. The van der Waals surface area contributed by atoms with Crippen molar-refractivity contribution < 1.29 is 14.6 Å². The molecule has 0 radical (unpaired) electrons. The molecule has 128 valence electrons. The van der Waals surface area contributed by atoms with Gasteiger partial charge in [-0.15, -0.1) is 0 Å². The molecule has 0 fully saturated rings. The zero-order chi connectivity index (χ0) is 18.1. The minimum atomic E-state index is -0.540. The summed E-state index contributed by atoms with van der Waals surface area (Å²) in [5.41, 5.74) is 1.46. The maximum Gasteiger partial charge on any atom is 0.267 e. The molecule has 0 heterocycles. The molecule has 2 rings (SSSR count). The second kappa shape index (κ2) is 8.99. The predicted octanol–water partition coefficient (Wildman–Crippen LogP) is 2.58. The highest BCUT2D eigenvalue weighted by molar-refractivity contribution is 6.06. The summed E-state index contributed by atoms with van der Waals surface area (Å²) in [6.45, 7) is 0.567. The van der Waals surface area contributed by atoms with E-state index in [1.165, 1.54) is 18.3 Å². The molecule has 6 heteroatoms. The molecule has 1 amide bonds. The molecule has 0 spiro atoms. The fraction of sp³-hybridized carbons (Fsp3) is 0.158. The van der Waals surface area contributed by atoms with E-state index in [2.05, 4.69) is 10.6 Å². The van der Waals surface area contributed by atoms with E-state index < -0.39 is 5.91 Å². The second-order valence-corrected chi connectivity index (χ2v) is 5.23. The highest BCUT2D eigenvalue weighted by atomic mass is 16.5. The Morgan fingerprint density at radius 1 is 1.28 bits per heavy atom. The molecule has 25 heavy (non-hydrogen) atoms. The highest BCUT2D eigenvalue weighted by Crippen LogP contribution is 2.16. The summed E-state index contributed by atoms with van der Waals surface area (Å²) in [4.78, 5) is 12.1. The smallest absolute Gasteiger partial charge is 0.267 e. The third kappa shape index (κ3) is 5.59. The largest absolute Gasteiger partial charge is 0.508 e. The Hall–Kier alpha value is -3.46. The third-order valence-corrected chi connectivity index (χ3v) is 3.41. The van der Waals surface area contributed by atoms with Gasteiger partial charge in [-0.25, -0.2) is 0 Å². The minimum Gasteiger partial charge on any atom is -0.508 e. The molecule has 2 aromatic rings. The molecule has 0 aliphatic carbocycles. The maximum atomic E-state index is 12.1. The van der Waals surface area contributed by atoms with Crippen LogP contribution in [0.5, 0.6) is 11.5 Å². The zero-order valence-electron chi connectivity index (χ0n) is 13.8. The van der Waals surface area contributed by atoms with Crippen LogP contribution < -0.4 is 15.4 Å². The standard InChI is InChI=1S/C19H19N3O3/c1-25-18-7-2-4-14(10-18)8-9-21-13-15(12-20)19(24)22-16-5-3-6-17(23)11-16/h2-7,10-11,13,21,23H,8-9H2,1H3,(H,22,24)/b15-13-. The maximum absolute atomic E-state index is 12.1. The Kier molecular flexibility index (Phi) is 6.43. The van der Waals surface area contributed by atoms with Crippen molar-refractivity contribution in [2.45, 2.75) is 6.42 Å². The van der Waals surface area contributed by atoms with Crippen LogP contribution in [-0.4, -0.2) is 24.7 Å². The molecule has 3 N–H and O–H groups in total. The van der Waals surface area contributed by atoms with Crippen molar-refractivity contribution in [2.75, 3.05) is 19.0 Å². The van der Waals surface area contributed by atoms with Gasteiger partial charge in [0.2, 0.25) is 0 Å². The number of aromatic hydroxyl groups is 1. The number of phenols is 1. The molecule has 0 aliphatic heterocycles. The van der Waals surface area contributed by atoms with Gasteiger partial charge in [-0.05, 0) is 36.2 Å². The topological polar surface area (TPSA) is 94.4 Å². The first kappa shape index (κ1) is 17.9. The van der Waals surface area contributed by atoms with Gasteiger partial charge < -0.3 is 20.5 Å². The van der Waals surface area contributed by atoms with E-state index in [4.69, 9.17) is 10.00 Å². The van der Waals surface area contributed by atoms with Gasteiger partial charge in [-0.2, -0.15) is 5.26 Å². The lowest BCUT2D eigenvalue weighted by Crippen LogP contribution is -2.18. The lowest BCUT2D eigenvalue weighted by molar-refractivity contribution is -0.112. The van der Waals surface area contributed by atoms with E-state index in [1.807, 2.05) is 30.3 Å². The number of hydrogen-bond donors (Lipinski definition) is 3. The minimum absolute atomic E-state index is 0.0386. The van der Waals surface area contributed by atoms with Crippen LogP contribution in [-0.2, 0) is 11.2 Å². The number of nitrogens with zero attached hydrogens (tertiary/aromatic N) is 1. The van der Waals surface area contributed by atoms with E-state index in [1.54, 1.807) is 19.2 Å². The number of carbonyl (C=O) groups excluding carboxylic acids is 1. The van der Waals surface area contributed by atoms with Crippen LogP contribution >= 0.6 is 0 Å². The third-order valence-electron chi connectivity index (χ3n) is 3.41. The van der Waals surface area contributed by atoms with Crippen molar-refractivity contribution in [3.63, 3.8) is 0 Å². The Labute approximate surface area is 146 Å². The number of methoxy groups -OCH3 is 1. The first-order valence-corrected chi connectivity index (χ1v) is 7.69. The molecule has 0 bridgehead atoms.